The maximum atomic E-state index is 12.9. The number of anilines is 1. The van der Waals surface area contributed by atoms with Gasteiger partial charge in [-0.3, -0.25) is 15.5 Å². The zero-order valence-electron chi connectivity index (χ0n) is 18.8. The Hall–Kier alpha value is -3.76. The molecule has 2 heterocycles. The molecule has 1 unspecified atom stereocenters. The van der Waals surface area contributed by atoms with E-state index >= 15 is 0 Å². The maximum absolute atomic E-state index is 12.9. The molecular formula is C25H24N4O5S. The van der Waals surface area contributed by atoms with E-state index in [1.165, 1.54) is 16.4 Å². The fraction of sp³-hybridized carbons (Fsp3) is 0.240. The van der Waals surface area contributed by atoms with Crippen molar-refractivity contribution in [3.05, 3.63) is 94.0 Å². The molecule has 0 bridgehead atoms. The van der Waals surface area contributed by atoms with Crippen LogP contribution in [0.5, 0.6) is 5.75 Å². The van der Waals surface area contributed by atoms with E-state index in [1.807, 2.05) is 54.6 Å². The Balaban J connectivity index is 1.47. The van der Waals surface area contributed by atoms with Crippen LogP contribution in [0, 0.1) is 10.1 Å². The van der Waals surface area contributed by atoms with Crippen molar-refractivity contribution in [1.29, 1.82) is 0 Å². The molecule has 1 fully saturated rings. The Morgan fingerprint density at radius 2 is 1.71 bits per heavy atom. The Bertz CT molecular complexity index is 1390. The average molecular weight is 493 g/mol. The van der Waals surface area contributed by atoms with Gasteiger partial charge in [0.05, 0.1) is 15.5 Å². The quantitative estimate of drug-likeness (QED) is 0.393. The molecule has 10 heteroatoms. The standard InChI is InChI=1S/C25H24N4O5S/c30-29(31)23-16-19(35(32,33)28-14-6-7-15-28)12-13-21(23)26-27-22-17-25(18-8-2-1-3-9-18)34-24-11-5-4-10-20(22)24/h1-5,8-13,16,25-26H,6-7,14-15,17H2. The molecule has 1 saturated heterocycles. The molecule has 35 heavy (non-hydrogen) atoms. The summed E-state index contributed by atoms with van der Waals surface area (Å²) in [5.74, 6) is 0.676. The average Bonchev–Trinajstić information content (AvgIpc) is 3.43. The van der Waals surface area contributed by atoms with E-state index in [0.29, 0.717) is 31.0 Å². The van der Waals surface area contributed by atoms with Crippen molar-refractivity contribution in [3.63, 3.8) is 0 Å². The molecule has 3 aromatic rings. The van der Waals surface area contributed by atoms with Gasteiger partial charge in [-0.25, -0.2) is 8.42 Å². The molecule has 2 aliphatic rings. The predicted molar refractivity (Wildman–Crippen MR) is 132 cm³/mol. The molecule has 2 aliphatic heterocycles. The number of hydrogen-bond acceptors (Lipinski definition) is 7. The van der Waals surface area contributed by atoms with Crippen molar-refractivity contribution in [2.75, 3.05) is 18.5 Å². The summed E-state index contributed by atoms with van der Waals surface area (Å²) in [4.78, 5) is 11.1. The molecule has 0 aromatic heterocycles. The molecule has 0 saturated carbocycles. The zero-order chi connectivity index (χ0) is 24.4. The van der Waals surface area contributed by atoms with Crippen LogP contribution in [0.25, 0.3) is 0 Å². The lowest BCUT2D eigenvalue weighted by atomic mass is 9.96. The van der Waals surface area contributed by atoms with Crippen LogP contribution in [0.2, 0.25) is 0 Å². The van der Waals surface area contributed by atoms with Crippen LogP contribution >= 0.6 is 0 Å². The molecule has 5 rings (SSSR count). The molecule has 0 aliphatic carbocycles. The van der Waals surface area contributed by atoms with Crippen molar-refractivity contribution in [2.24, 2.45) is 5.10 Å². The minimum Gasteiger partial charge on any atom is -0.485 e. The smallest absolute Gasteiger partial charge is 0.295 e. The van der Waals surface area contributed by atoms with E-state index < -0.39 is 14.9 Å². The number of hydrazone groups is 1. The van der Waals surface area contributed by atoms with Gasteiger partial charge in [0, 0.05) is 31.1 Å². The lowest BCUT2D eigenvalue weighted by molar-refractivity contribution is -0.384. The number of nitro groups is 1. The van der Waals surface area contributed by atoms with Crippen molar-refractivity contribution in [2.45, 2.75) is 30.3 Å². The first-order chi connectivity index (χ1) is 16.9. The SMILES string of the molecule is O=[N+]([O-])c1cc(S(=O)(=O)N2CCCC2)ccc1NN=C1CC(c2ccccc2)Oc2ccccc21. The Labute approximate surface area is 203 Å². The van der Waals surface area contributed by atoms with Gasteiger partial charge in [0.15, 0.2) is 0 Å². The molecular weight excluding hydrogens is 468 g/mol. The van der Waals surface area contributed by atoms with Crippen LogP contribution in [0.3, 0.4) is 0 Å². The van der Waals surface area contributed by atoms with E-state index in [9.17, 15) is 18.5 Å². The summed E-state index contributed by atoms with van der Waals surface area (Å²) in [6.07, 6.45) is 1.78. The second-order valence-electron chi connectivity index (χ2n) is 8.44. The topological polar surface area (TPSA) is 114 Å². The molecule has 0 amide bonds. The molecule has 0 spiro atoms. The molecule has 1 atom stereocenters. The normalized spacial score (nSPS) is 19.2. The summed E-state index contributed by atoms with van der Waals surface area (Å²) < 4.78 is 33.3. The van der Waals surface area contributed by atoms with Crippen LogP contribution < -0.4 is 10.2 Å². The molecule has 9 nitrogen and oxygen atoms in total. The van der Waals surface area contributed by atoms with Crippen LogP contribution in [-0.4, -0.2) is 36.4 Å². The van der Waals surface area contributed by atoms with E-state index in [4.69, 9.17) is 4.74 Å². The number of nitrogens with zero attached hydrogens (tertiary/aromatic N) is 3. The minimum atomic E-state index is -3.78. The zero-order valence-corrected chi connectivity index (χ0v) is 19.6. The van der Waals surface area contributed by atoms with Gasteiger partial charge in [0.1, 0.15) is 17.5 Å². The number of benzene rings is 3. The van der Waals surface area contributed by atoms with Crippen LogP contribution in [-0.2, 0) is 10.0 Å². The van der Waals surface area contributed by atoms with Gasteiger partial charge in [0.2, 0.25) is 10.0 Å². The Kier molecular flexibility index (Phi) is 6.23. The van der Waals surface area contributed by atoms with Crippen LogP contribution in [0.1, 0.15) is 36.5 Å². The fourth-order valence-electron chi connectivity index (χ4n) is 4.37. The summed E-state index contributed by atoms with van der Waals surface area (Å²) in [6, 6.07) is 21.1. The number of nitro benzene ring substituents is 1. The summed E-state index contributed by atoms with van der Waals surface area (Å²) >= 11 is 0. The third kappa shape index (κ3) is 4.62. The number of hydrogen-bond donors (Lipinski definition) is 1. The van der Waals surface area contributed by atoms with E-state index in [1.54, 1.807) is 0 Å². The highest BCUT2D eigenvalue weighted by Gasteiger charge is 2.30. The van der Waals surface area contributed by atoms with E-state index in [-0.39, 0.29) is 22.4 Å². The summed E-state index contributed by atoms with van der Waals surface area (Å²) in [5, 5.41) is 16.3. The number of para-hydroxylation sites is 1. The van der Waals surface area contributed by atoms with Crippen molar-refractivity contribution < 1.29 is 18.1 Å². The van der Waals surface area contributed by atoms with Crippen molar-refractivity contribution in [3.8, 4) is 5.75 Å². The number of fused-ring (bicyclic) bond motifs is 1. The number of sulfonamides is 1. The van der Waals surface area contributed by atoms with Crippen LogP contribution in [0.4, 0.5) is 11.4 Å². The van der Waals surface area contributed by atoms with Gasteiger partial charge < -0.3 is 4.74 Å². The monoisotopic (exact) mass is 492 g/mol. The second kappa shape index (κ2) is 9.47. The highest BCUT2D eigenvalue weighted by Crippen LogP contribution is 2.36. The lowest BCUT2D eigenvalue weighted by Crippen LogP contribution is -2.27. The third-order valence-corrected chi connectivity index (χ3v) is 8.09. The summed E-state index contributed by atoms with van der Waals surface area (Å²) in [6.45, 7) is 0.849. The summed E-state index contributed by atoms with van der Waals surface area (Å²) in [7, 11) is -3.78. The van der Waals surface area contributed by atoms with Gasteiger partial charge in [-0.15, -0.1) is 0 Å². The first-order valence-corrected chi connectivity index (χ1v) is 12.8. The lowest BCUT2D eigenvalue weighted by Gasteiger charge is -2.27. The largest absolute Gasteiger partial charge is 0.485 e. The first kappa shape index (κ1) is 23.0. The number of ether oxygens (including phenoxy) is 1. The minimum absolute atomic E-state index is 0.0927. The van der Waals surface area contributed by atoms with E-state index in [0.717, 1.165) is 30.0 Å². The van der Waals surface area contributed by atoms with Crippen molar-refractivity contribution in [1.82, 2.24) is 4.31 Å². The molecule has 0 radical (unpaired) electrons. The highest BCUT2D eigenvalue weighted by molar-refractivity contribution is 7.89. The highest BCUT2D eigenvalue weighted by atomic mass is 32.2. The number of nitrogens with one attached hydrogen (secondary N) is 1. The second-order valence-corrected chi connectivity index (χ2v) is 10.4. The number of rotatable bonds is 6. The predicted octanol–water partition coefficient (Wildman–Crippen LogP) is 4.72. The molecule has 180 valence electrons. The van der Waals surface area contributed by atoms with Gasteiger partial charge in [-0.2, -0.15) is 9.41 Å². The Morgan fingerprint density at radius 3 is 2.46 bits per heavy atom. The first-order valence-electron chi connectivity index (χ1n) is 11.4. The molecule has 1 N–H and O–H groups in total. The van der Waals surface area contributed by atoms with Gasteiger partial charge in [-0.05, 0) is 42.7 Å². The third-order valence-electron chi connectivity index (χ3n) is 6.20. The summed E-state index contributed by atoms with van der Waals surface area (Å²) in [5.41, 5.74) is 5.05. The van der Waals surface area contributed by atoms with Crippen LogP contribution in [0.15, 0.2) is 82.8 Å². The van der Waals surface area contributed by atoms with Gasteiger partial charge >= 0.3 is 0 Å². The molecule has 3 aromatic carbocycles. The fourth-order valence-corrected chi connectivity index (χ4v) is 5.91. The van der Waals surface area contributed by atoms with E-state index in [2.05, 4.69) is 10.5 Å². The van der Waals surface area contributed by atoms with Crippen molar-refractivity contribution >= 4 is 27.1 Å². The Morgan fingerprint density at radius 1 is 1.00 bits per heavy atom. The maximum Gasteiger partial charge on any atom is 0.295 e. The van der Waals surface area contributed by atoms with Gasteiger partial charge in [-0.1, -0.05) is 42.5 Å². The van der Waals surface area contributed by atoms with Gasteiger partial charge in [0.25, 0.3) is 5.69 Å².